The maximum absolute atomic E-state index is 12.9. The van der Waals surface area contributed by atoms with Crippen LogP contribution in [0.15, 0.2) is 52.1 Å². The van der Waals surface area contributed by atoms with Gasteiger partial charge in [0.25, 0.3) is 10.0 Å². The molecule has 146 valence electrons. The van der Waals surface area contributed by atoms with Crippen molar-refractivity contribution in [2.24, 2.45) is 0 Å². The Morgan fingerprint density at radius 1 is 1.21 bits per heavy atom. The number of carbonyl (C=O) groups is 1. The average molecular weight is 454 g/mol. The maximum Gasteiger partial charge on any atom is 0.253 e. The van der Waals surface area contributed by atoms with Gasteiger partial charge in [-0.1, -0.05) is 41.9 Å². The molecule has 1 unspecified atom stereocenters. The molecule has 0 saturated carbocycles. The minimum Gasteiger partial charge on any atom is -0.301 e. The maximum atomic E-state index is 12.9. The van der Waals surface area contributed by atoms with E-state index in [2.05, 4.69) is 10.3 Å². The Balaban J connectivity index is 1.51. The van der Waals surface area contributed by atoms with Crippen molar-refractivity contribution in [1.82, 2.24) is 9.29 Å². The molecule has 1 aliphatic rings. The number of nitrogens with zero attached hydrogens (tertiary/aromatic N) is 2. The fraction of sp³-hybridized carbons (Fsp3) is 0.222. The zero-order valence-corrected chi connectivity index (χ0v) is 17.7. The lowest BCUT2D eigenvalue weighted by Crippen LogP contribution is -2.42. The minimum atomic E-state index is -3.75. The second-order valence-corrected chi connectivity index (χ2v) is 10.9. The summed E-state index contributed by atoms with van der Waals surface area (Å²) in [6.07, 6.45) is 1.10. The Morgan fingerprint density at radius 3 is 2.71 bits per heavy atom. The van der Waals surface area contributed by atoms with Crippen LogP contribution in [0.2, 0.25) is 4.34 Å². The molecule has 3 heterocycles. The first-order chi connectivity index (χ1) is 13.4. The lowest BCUT2D eigenvalue weighted by Gasteiger charge is -2.22. The Labute approximate surface area is 175 Å². The molecule has 1 aromatic carbocycles. The van der Waals surface area contributed by atoms with Crippen molar-refractivity contribution in [2.75, 3.05) is 11.9 Å². The van der Waals surface area contributed by atoms with E-state index in [9.17, 15) is 13.2 Å². The highest BCUT2D eigenvalue weighted by Gasteiger charge is 2.40. The molecule has 0 spiro atoms. The van der Waals surface area contributed by atoms with Crippen molar-refractivity contribution >= 4 is 55.3 Å². The van der Waals surface area contributed by atoms with Crippen LogP contribution < -0.4 is 5.32 Å². The van der Waals surface area contributed by atoms with Crippen LogP contribution in [-0.2, 0) is 14.8 Å². The molecule has 1 N–H and O–H groups in total. The van der Waals surface area contributed by atoms with Gasteiger partial charge >= 0.3 is 0 Å². The van der Waals surface area contributed by atoms with Crippen LogP contribution in [0.3, 0.4) is 0 Å². The SMILES string of the molecule is O=C(Nc1nc(-c2ccccc2)cs1)C1CCCN1S(=O)(=O)c1ccc(Cl)s1. The summed E-state index contributed by atoms with van der Waals surface area (Å²) < 4.78 is 27.6. The highest BCUT2D eigenvalue weighted by molar-refractivity contribution is 7.91. The summed E-state index contributed by atoms with van der Waals surface area (Å²) in [5.74, 6) is -0.363. The highest BCUT2D eigenvalue weighted by atomic mass is 35.5. The predicted molar refractivity (Wildman–Crippen MR) is 112 cm³/mol. The van der Waals surface area contributed by atoms with Gasteiger partial charge in [0.1, 0.15) is 10.3 Å². The first-order valence-corrected chi connectivity index (χ1v) is 12.1. The topological polar surface area (TPSA) is 79.4 Å². The third-order valence-corrected chi connectivity index (χ3v) is 8.79. The average Bonchev–Trinajstić information content (AvgIpc) is 3.43. The van der Waals surface area contributed by atoms with Gasteiger partial charge in [0.2, 0.25) is 5.91 Å². The quantitative estimate of drug-likeness (QED) is 0.624. The van der Waals surface area contributed by atoms with Crippen LogP contribution >= 0.6 is 34.3 Å². The number of aromatic nitrogens is 1. The molecular weight excluding hydrogens is 438 g/mol. The lowest BCUT2D eigenvalue weighted by atomic mass is 10.2. The van der Waals surface area contributed by atoms with Crippen LogP contribution in [0.1, 0.15) is 12.8 Å². The van der Waals surface area contributed by atoms with Crippen molar-refractivity contribution in [1.29, 1.82) is 0 Å². The van der Waals surface area contributed by atoms with E-state index in [1.54, 1.807) is 6.07 Å². The van der Waals surface area contributed by atoms with Crippen LogP contribution in [-0.4, -0.2) is 36.2 Å². The van der Waals surface area contributed by atoms with E-state index in [-0.39, 0.29) is 10.1 Å². The molecule has 10 heteroatoms. The van der Waals surface area contributed by atoms with Gasteiger partial charge in [-0.3, -0.25) is 4.79 Å². The predicted octanol–water partition coefficient (Wildman–Crippen LogP) is 4.32. The highest BCUT2D eigenvalue weighted by Crippen LogP contribution is 2.33. The summed E-state index contributed by atoms with van der Waals surface area (Å²) in [6.45, 7) is 0.309. The first kappa shape index (κ1) is 19.5. The number of carbonyl (C=O) groups excluding carboxylic acids is 1. The lowest BCUT2D eigenvalue weighted by molar-refractivity contribution is -0.119. The molecule has 1 saturated heterocycles. The monoisotopic (exact) mass is 453 g/mol. The van der Waals surface area contributed by atoms with E-state index in [4.69, 9.17) is 11.6 Å². The van der Waals surface area contributed by atoms with Gasteiger partial charge < -0.3 is 5.32 Å². The molecule has 1 atom stereocenters. The van der Waals surface area contributed by atoms with E-state index in [1.807, 2.05) is 35.7 Å². The van der Waals surface area contributed by atoms with Gasteiger partial charge in [-0.15, -0.1) is 22.7 Å². The number of sulfonamides is 1. The standard InChI is InChI=1S/C18H16ClN3O3S3/c19-15-8-9-16(27-15)28(24,25)22-10-4-7-14(22)17(23)21-18-20-13(11-26-18)12-5-2-1-3-6-12/h1-3,5-6,8-9,11,14H,4,7,10H2,(H,20,21,23). The first-order valence-electron chi connectivity index (χ1n) is 8.54. The van der Waals surface area contributed by atoms with Crippen molar-refractivity contribution in [2.45, 2.75) is 23.1 Å². The van der Waals surface area contributed by atoms with Gasteiger partial charge in [-0.2, -0.15) is 4.31 Å². The number of amides is 1. The number of hydrogen-bond acceptors (Lipinski definition) is 6. The Kier molecular flexibility index (Phi) is 5.52. The molecule has 4 rings (SSSR count). The molecule has 1 fully saturated rings. The van der Waals surface area contributed by atoms with E-state index < -0.39 is 16.1 Å². The van der Waals surface area contributed by atoms with E-state index in [0.717, 1.165) is 22.6 Å². The molecule has 0 aliphatic carbocycles. The molecule has 3 aromatic rings. The summed E-state index contributed by atoms with van der Waals surface area (Å²) in [5.41, 5.74) is 1.73. The molecule has 0 bridgehead atoms. The fourth-order valence-corrected chi connectivity index (χ4v) is 7.09. The zero-order chi connectivity index (χ0) is 19.7. The van der Waals surface area contributed by atoms with E-state index >= 15 is 0 Å². The normalized spacial score (nSPS) is 17.7. The smallest absolute Gasteiger partial charge is 0.253 e. The number of nitrogens with one attached hydrogen (secondary N) is 1. The van der Waals surface area contributed by atoms with Crippen molar-refractivity contribution in [3.63, 3.8) is 0 Å². The van der Waals surface area contributed by atoms with E-state index in [1.165, 1.54) is 21.7 Å². The third-order valence-electron chi connectivity index (χ3n) is 4.42. The molecule has 1 amide bonds. The summed E-state index contributed by atoms with van der Waals surface area (Å²) >= 11 is 8.19. The third kappa shape index (κ3) is 3.85. The summed E-state index contributed by atoms with van der Waals surface area (Å²) in [6, 6.07) is 11.9. The summed E-state index contributed by atoms with van der Waals surface area (Å²) in [7, 11) is -3.75. The Bertz CT molecular complexity index is 1100. The zero-order valence-electron chi connectivity index (χ0n) is 14.5. The summed E-state index contributed by atoms with van der Waals surface area (Å²) in [5, 5.41) is 5.09. The van der Waals surface area contributed by atoms with Gasteiger partial charge in [-0.05, 0) is 25.0 Å². The number of benzene rings is 1. The number of rotatable bonds is 5. The number of hydrogen-bond donors (Lipinski definition) is 1. The van der Waals surface area contributed by atoms with Gasteiger partial charge in [0, 0.05) is 17.5 Å². The van der Waals surface area contributed by atoms with Gasteiger partial charge in [-0.25, -0.2) is 13.4 Å². The largest absolute Gasteiger partial charge is 0.301 e. The Morgan fingerprint density at radius 2 is 2.00 bits per heavy atom. The van der Waals surface area contributed by atoms with Crippen LogP contribution in [0.4, 0.5) is 5.13 Å². The Hall–Kier alpha value is -1.78. The van der Waals surface area contributed by atoms with E-state index in [0.29, 0.717) is 28.9 Å². The van der Waals surface area contributed by atoms with Gasteiger partial charge in [0.05, 0.1) is 10.0 Å². The molecule has 0 radical (unpaired) electrons. The second kappa shape index (κ2) is 7.92. The minimum absolute atomic E-state index is 0.151. The van der Waals surface area contributed by atoms with Crippen molar-refractivity contribution in [3.8, 4) is 11.3 Å². The van der Waals surface area contributed by atoms with Crippen molar-refractivity contribution < 1.29 is 13.2 Å². The summed E-state index contributed by atoms with van der Waals surface area (Å²) in [4.78, 5) is 17.2. The van der Waals surface area contributed by atoms with Crippen LogP contribution in [0, 0.1) is 0 Å². The van der Waals surface area contributed by atoms with Crippen LogP contribution in [0.25, 0.3) is 11.3 Å². The molecular formula is C18H16ClN3O3S3. The molecule has 2 aromatic heterocycles. The molecule has 6 nitrogen and oxygen atoms in total. The number of thiazole rings is 1. The second-order valence-electron chi connectivity index (χ2n) is 6.23. The van der Waals surface area contributed by atoms with Gasteiger partial charge in [0.15, 0.2) is 5.13 Å². The molecule has 1 aliphatic heterocycles. The number of anilines is 1. The number of thiophene rings is 1. The molecule has 28 heavy (non-hydrogen) atoms. The van der Waals surface area contributed by atoms with Crippen LogP contribution in [0.5, 0.6) is 0 Å². The number of halogens is 1. The fourth-order valence-electron chi connectivity index (χ4n) is 3.10. The van der Waals surface area contributed by atoms with Crippen molar-refractivity contribution in [3.05, 3.63) is 52.2 Å².